The van der Waals surface area contributed by atoms with E-state index in [1.165, 1.54) is 18.3 Å². The first-order valence-corrected chi connectivity index (χ1v) is 7.68. The first kappa shape index (κ1) is 17.2. The van der Waals surface area contributed by atoms with Gasteiger partial charge in [0.2, 0.25) is 5.88 Å². The maximum absolute atomic E-state index is 12.9. The van der Waals surface area contributed by atoms with Crippen molar-refractivity contribution in [1.29, 1.82) is 0 Å². The zero-order chi connectivity index (χ0) is 16.8. The third kappa shape index (κ3) is 4.93. The molecule has 23 heavy (non-hydrogen) atoms. The van der Waals surface area contributed by atoms with Crippen LogP contribution in [-0.4, -0.2) is 17.0 Å². The highest BCUT2D eigenvalue weighted by Gasteiger charge is 2.19. The molecule has 0 aliphatic carbocycles. The lowest BCUT2D eigenvalue weighted by Gasteiger charge is -2.17. The van der Waals surface area contributed by atoms with Crippen molar-refractivity contribution in [1.82, 2.24) is 10.3 Å². The number of rotatable bonds is 6. The molecule has 0 bridgehead atoms. The Morgan fingerprint density at radius 1 is 1.39 bits per heavy atom. The summed E-state index contributed by atoms with van der Waals surface area (Å²) in [6, 6.07) is 7.70. The number of pyridine rings is 1. The molecule has 0 saturated heterocycles. The molecule has 0 aliphatic heterocycles. The fourth-order valence-corrected chi connectivity index (χ4v) is 2.23. The molecule has 2 aromatic rings. The van der Waals surface area contributed by atoms with Crippen molar-refractivity contribution in [3.05, 3.63) is 58.5 Å². The average molecular weight is 337 g/mol. The SMILES string of the molecule is CCC(Oc1ncc(Cl)cc1C)C(=O)NCc1ccc(F)cc1. The van der Waals surface area contributed by atoms with Crippen LogP contribution >= 0.6 is 11.6 Å². The highest BCUT2D eigenvalue weighted by molar-refractivity contribution is 6.30. The number of halogens is 2. The number of aryl methyl sites for hydroxylation is 1. The number of nitrogens with zero attached hydrogens (tertiary/aromatic N) is 1. The highest BCUT2D eigenvalue weighted by Crippen LogP contribution is 2.20. The van der Waals surface area contributed by atoms with E-state index >= 15 is 0 Å². The first-order valence-electron chi connectivity index (χ1n) is 7.30. The van der Waals surface area contributed by atoms with E-state index in [0.29, 0.717) is 23.9 Å². The standard InChI is InChI=1S/C17H18ClFN2O2/c1-3-15(23-17-11(2)8-13(18)10-21-17)16(22)20-9-12-4-6-14(19)7-5-12/h4-8,10,15H,3,9H2,1-2H3,(H,20,22). The van der Waals surface area contributed by atoms with Crippen LogP contribution in [0.25, 0.3) is 0 Å². The Kier molecular flexibility index (Phi) is 5.93. The number of amides is 1. The average Bonchev–Trinajstić information content (AvgIpc) is 2.53. The topological polar surface area (TPSA) is 51.2 Å². The summed E-state index contributed by atoms with van der Waals surface area (Å²) in [5.74, 6) is -0.162. The second-order valence-electron chi connectivity index (χ2n) is 5.13. The summed E-state index contributed by atoms with van der Waals surface area (Å²) >= 11 is 5.85. The summed E-state index contributed by atoms with van der Waals surface area (Å²) in [4.78, 5) is 16.3. The molecule has 1 N–H and O–H groups in total. The van der Waals surface area contributed by atoms with Gasteiger partial charge in [0, 0.05) is 18.3 Å². The summed E-state index contributed by atoms with van der Waals surface area (Å²) in [6.45, 7) is 3.98. The van der Waals surface area contributed by atoms with Crippen LogP contribution in [-0.2, 0) is 11.3 Å². The minimum absolute atomic E-state index is 0.243. The van der Waals surface area contributed by atoms with E-state index in [0.717, 1.165) is 11.1 Å². The van der Waals surface area contributed by atoms with Crippen LogP contribution in [0.1, 0.15) is 24.5 Å². The minimum Gasteiger partial charge on any atom is -0.464 e. The third-order valence-electron chi connectivity index (χ3n) is 3.29. The van der Waals surface area contributed by atoms with E-state index in [2.05, 4.69) is 10.3 Å². The maximum atomic E-state index is 12.9. The lowest BCUT2D eigenvalue weighted by molar-refractivity contribution is -0.128. The molecule has 0 radical (unpaired) electrons. The van der Waals surface area contributed by atoms with Gasteiger partial charge >= 0.3 is 0 Å². The molecule has 4 nitrogen and oxygen atoms in total. The van der Waals surface area contributed by atoms with E-state index in [9.17, 15) is 9.18 Å². The Hall–Kier alpha value is -2.14. The van der Waals surface area contributed by atoms with Crippen LogP contribution in [0.5, 0.6) is 5.88 Å². The fourth-order valence-electron chi connectivity index (χ4n) is 2.01. The van der Waals surface area contributed by atoms with Crippen molar-refractivity contribution in [3.63, 3.8) is 0 Å². The number of benzene rings is 1. The number of carbonyl (C=O) groups is 1. The third-order valence-corrected chi connectivity index (χ3v) is 3.50. The van der Waals surface area contributed by atoms with Crippen LogP contribution in [0.4, 0.5) is 4.39 Å². The van der Waals surface area contributed by atoms with Gasteiger partial charge in [-0.3, -0.25) is 4.79 Å². The number of hydrogen-bond donors (Lipinski definition) is 1. The molecular weight excluding hydrogens is 319 g/mol. The van der Waals surface area contributed by atoms with Gasteiger partial charge in [0.25, 0.3) is 5.91 Å². The van der Waals surface area contributed by atoms with Gasteiger partial charge in [-0.2, -0.15) is 0 Å². The van der Waals surface area contributed by atoms with E-state index in [1.54, 1.807) is 18.2 Å². The molecule has 122 valence electrons. The zero-order valence-electron chi connectivity index (χ0n) is 13.0. The van der Waals surface area contributed by atoms with Gasteiger partial charge in [-0.25, -0.2) is 9.37 Å². The molecule has 0 aliphatic rings. The molecule has 1 heterocycles. The maximum Gasteiger partial charge on any atom is 0.261 e. The minimum atomic E-state index is -0.650. The number of hydrogen-bond acceptors (Lipinski definition) is 3. The van der Waals surface area contributed by atoms with Crippen molar-refractivity contribution in [2.75, 3.05) is 0 Å². The van der Waals surface area contributed by atoms with Gasteiger partial charge in [0.05, 0.1) is 5.02 Å². The molecule has 6 heteroatoms. The summed E-state index contributed by atoms with van der Waals surface area (Å²) in [5.41, 5.74) is 1.58. The quantitative estimate of drug-likeness (QED) is 0.876. The molecule has 0 saturated carbocycles. The predicted molar refractivity (Wildman–Crippen MR) is 86.9 cm³/mol. The van der Waals surface area contributed by atoms with Crippen LogP contribution < -0.4 is 10.1 Å². The lowest BCUT2D eigenvalue weighted by atomic mass is 10.2. The van der Waals surface area contributed by atoms with Gasteiger partial charge in [-0.05, 0) is 37.1 Å². The van der Waals surface area contributed by atoms with Crippen molar-refractivity contribution in [2.24, 2.45) is 0 Å². The normalized spacial score (nSPS) is 11.8. The van der Waals surface area contributed by atoms with E-state index in [1.807, 2.05) is 13.8 Å². The van der Waals surface area contributed by atoms with Gasteiger partial charge in [-0.15, -0.1) is 0 Å². The zero-order valence-corrected chi connectivity index (χ0v) is 13.7. The van der Waals surface area contributed by atoms with Gasteiger partial charge < -0.3 is 10.1 Å². The lowest BCUT2D eigenvalue weighted by Crippen LogP contribution is -2.37. The van der Waals surface area contributed by atoms with Gasteiger partial charge in [0.15, 0.2) is 6.10 Å². The van der Waals surface area contributed by atoms with Crippen LogP contribution in [0.15, 0.2) is 36.5 Å². The van der Waals surface area contributed by atoms with Gasteiger partial charge in [0.1, 0.15) is 5.82 Å². The van der Waals surface area contributed by atoms with Crippen molar-refractivity contribution in [2.45, 2.75) is 32.9 Å². The largest absolute Gasteiger partial charge is 0.464 e. The smallest absolute Gasteiger partial charge is 0.261 e. The van der Waals surface area contributed by atoms with E-state index < -0.39 is 6.10 Å². The molecule has 1 aromatic heterocycles. The number of aromatic nitrogens is 1. The van der Waals surface area contributed by atoms with E-state index in [-0.39, 0.29) is 11.7 Å². The van der Waals surface area contributed by atoms with Crippen molar-refractivity contribution in [3.8, 4) is 5.88 Å². The molecule has 0 spiro atoms. The summed E-state index contributed by atoms with van der Waals surface area (Å²) in [7, 11) is 0. The number of carbonyl (C=O) groups excluding carboxylic acids is 1. The highest BCUT2D eigenvalue weighted by atomic mass is 35.5. The van der Waals surface area contributed by atoms with Crippen LogP contribution in [0.2, 0.25) is 5.02 Å². The number of ether oxygens (including phenoxy) is 1. The first-order chi connectivity index (χ1) is 11.0. The molecule has 1 atom stereocenters. The van der Waals surface area contributed by atoms with E-state index in [4.69, 9.17) is 16.3 Å². The van der Waals surface area contributed by atoms with Crippen molar-refractivity contribution < 1.29 is 13.9 Å². The summed E-state index contributed by atoms with van der Waals surface area (Å²) < 4.78 is 18.5. The van der Waals surface area contributed by atoms with Crippen LogP contribution in [0.3, 0.4) is 0 Å². The predicted octanol–water partition coefficient (Wildman–Crippen LogP) is 3.66. The molecule has 1 aromatic carbocycles. The van der Waals surface area contributed by atoms with Crippen molar-refractivity contribution >= 4 is 17.5 Å². The Morgan fingerprint density at radius 2 is 2.09 bits per heavy atom. The second kappa shape index (κ2) is 7.92. The molecular formula is C17H18ClFN2O2. The van der Waals surface area contributed by atoms with Crippen LogP contribution in [0, 0.1) is 12.7 Å². The Labute approximate surface area is 139 Å². The Balaban J connectivity index is 1.96. The summed E-state index contributed by atoms with van der Waals surface area (Å²) in [6.07, 6.45) is 1.33. The molecule has 1 unspecified atom stereocenters. The molecule has 0 fully saturated rings. The Bertz CT molecular complexity index is 677. The number of nitrogens with one attached hydrogen (secondary N) is 1. The second-order valence-corrected chi connectivity index (χ2v) is 5.57. The molecule has 1 amide bonds. The Morgan fingerprint density at radius 3 is 2.70 bits per heavy atom. The molecule has 2 rings (SSSR count). The summed E-state index contributed by atoms with van der Waals surface area (Å²) in [5, 5.41) is 3.30. The fraction of sp³-hybridized carbons (Fsp3) is 0.294. The van der Waals surface area contributed by atoms with Gasteiger partial charge in [-0.1, -0.05) is 30.7 Å². The monoisotopic (exact) mass is 336 g/mol.